The molecule has 4 heterocycles. The molecule has 1 fully saturated rings. The van der Waals surface area contributed by atoms with Gasteiger partial charge in [-0.05, 0) is 17.7 Å². The van der Waals surface area contributed by atoms with Gasteiger partial charge < -0.3 is 9.64 Å². The van der Waals surface area contributed by atoms with Gasteiger partial charge in [-0.3, -0.25) is 9.67 Å². The van der Waals surface area contributed by atoms with Crippen LogP contribution in [0.2, 0.25) is 0 Å². The summed E-state index contributed by atoms with van der Waals surface area (Å²) in [6.45, 7) is 2.15. The van der Waals surface area contributed by atoms with Crippen molar-refractivity contribution in [3.63, 3.8) is 0 Å². The van der Waals surface area contributed by atoms with Crippen LogP contribution in [0.1, 0.15) is 11.7 Å². The molecule has 7 nitrogen and oxygen atoms in total. The Hall–Kier alpha value is -3.32. The molecule has 0 N–H and O–H groups in total. The van der Waals surface area contributed by atoms with Gasteiger partial charge in [-0.25, -0.2) is 9.97 Å². The van der Waals surface area contributed by atoms with Gasteiger partial charge in [0, 0.05) is 38.1 Å². The molecule has 1 saturated heterocycles. The molecule has 0 aliphatic carbocycles. The molecule has 28 heavy (non-hydrogen) atoms. The Morgan fingerprint density at radius 2 is 1.93 bits per heavy atom. The normalized spacial score (nSPS) is 17.2. The fourth-order valence-corrected chi connectivity index (χ4v) is 3.58. The third kappa shape index (κ3) is 2.99. The molecular formula is C21H20N6O. The third-order valence-electron chi connectivity index (χ3n) is 5.03. The molecule has 0 spiro atoms. The molecule has 0 amide bonds. The van der Waals surface area contributed by atoms with Crippen molar-refractivity contribution in [3.8, 4) is 11.4 Å². The third-order valence-corrected chi connectivity index (χ3v) is 5.03. The van der Waals surface area contributed by atoms with E-state index in [1.165, 1.54) is 5.56 Å². The average Bonchev–Trinajstić information content (AvgIpc) is 3.15. The van der Waals surface area contributed by atoms with Gasteiger partial charge in [-0.1, -0.05) is 30.3 Å². The Morgan fingerprint density at radius 3 is 2.75 bits per heavy atom. The van der Waals surface area contributed by atoms with E-state index in [-0.39, 0.29) is 6.10 Å². The first-order chi connectivity index (χ1) is 13.8. The maximum Gasteiger partial charge on any atom is 0.165 e. The molecule has 3 aromatic heterocycles. The van der Waals surface area contributed by atoms with Crippen LogP contribution in [0.25, 0.3) is 22.4 Å². The van der Waals surface area contributed by atoms with Crippen molar-refractivity contribution in [3.05, 3.63) is 66.6 Å². The summed E-state index contributed by atoms with van der Waals surface area (Å²) in [5.74, 6) is 1.54. The Balaban J connectivity index is 1.58. The van der Waals surface area contributed by atoms with Crippen LogP contribution < -0.4 is 4.90 Å². The molecule has 0 saturated carbocycles. The van der Waals surface area contributed by atoms with Gasteiger partial charge in [-0.15, -0.1) is 0 Å². The van der Waals surface area contributed by atoms with Gasteiger partial charge in [0.05, 0.1) is 18.2 Å². The number of hydrogen-bond donors (Lipinski definition) is 0. The van der Waals surface area contributed by atoms with Crippen molar-refractivity contribution in [1.82, 2.24) is 24.7 Å². The molecule has 1 aromatic carbocycles. The Labute approximate surface area is 162 Å². The van der Waals surface area contributed by atoms with Crippen LogP contribution >= 0.6 is 0 Å². The monoisotopic (exact) mass is 372 g/mol. The number of anilines is 1. The highest BCUT2D eigenvalue weighted by molar-refractivity contribution is 5.88. The number of aryl methyl sites for hydroxylation is 1. The largest absolute Gasteiger partial charge is 0.370 e. The lowest BCUT2D eigenvalue weighted by Crippen LogP contribution is -2.39. The van der Waals surface area contributed by atoms with E-state index in [4.69, 9.17) is 14.7 Å². The Bertz CT molecular complexity index is 1100. The van der Waals surface area contributed by atoms with E-state index in [2.05, 4.69) is 27.1 Å². The second-order valence-electron chi connectivity index (χ2n) is 6.83. The topological polar surface area (TPSA) is 69.0 Å². The van der Waals surface area contributed by atoms with Crippen molar-refractivity contribution in [2.24, 2.45) is 7.05 Å². The molecule has 4 aromatic rings. The van der Waals surface area contributed by atoms with Gasteiger partial charge in [0.2, 0.25) is 0 Å². The first kappa shape index (κ1) is 16.8. The van der Waals surface area contributed by atoms with Gasteiger partial charge in [0.1, 0.15) is 11.9 Å². The van der Waals surface area contributed by atoms with Crippen LogP contribution in [0, 0.1) is 0 Å². The zero-order chi connectivity index (χ0) is 18.9. The maximum atomic E-state index is 6.03. The molecule has 0 radical (unpaired) electrons. The highest BCUT2D eigenvalue weighted by Gasteiger charge is 2.26. The summed E-state index contributed by atoms with van der Waals surface area (Å²) in [5.41, 5.74) is 2.88. The van der Waals surface area contributed by atoms with Gasteiger partial charge in [-0.2, -0.15) is 5.10 Å². The molecule has 5 rings (SSSR count). The van der Waals surface area contributed by atoms with Crippen molar-refractivity contribution in [2.75, 3.05) is 24.6 Å². The highest BCUT2D eigenvalue weighted by atomic mass is 16.5. The van der Waals surface area contributed by atoms with Crippen LogP contribution in [0.4, 0.5) is 5.82 Å². The van der Waals surface area contributed by atoms with Crippen LogP contribution in [-0.2, 0) is 11.8 Å². The fourth-order valence-electron chi connectivity index (χ4n) is 3.58. The highest BCUT2D eigenvalue weighted by Crippen LogP contribution is 2.31. The van der Waals surface area contributed by atoms with Gasteiger partial charge in [0.15, 0.2) is 11.5 Å². The number of fused-ring (bicyclic) bond motifs is 1. The molecule has 7 heteroatoms. The zero-order valence-electron chi connectivity index (χ0n) is 15.6. The lowest BCUT2D eigenvalue weighted by atomic mass is 10.1. The quantitative estimate of drug-likeness (QED) is 0.551. The van der Waals surface area contributed by atoms with Crippen molar-refractivity contribution < 1.29 is 4.74 Å². The summed E-state index contributed by atoms with van der Waals surface area (Å²) in [6, 6.07) is 14.2. The molecule has 1 atom stereocenters. The van der Waals surface area contributed by atoms with Crippen molar-refractivity contribution >= 4 is 16.9 Å². The molecule has 0 bridgehead atoms. The van der Waals surface area contributed by atoms with E-state index in [0.29, 0.717) is 12.4 Å². The van der Waals surface area contributed by atoms with Crippen molar-refractivity contribution in [1.29, 1.82) is 0 Å². The molecule has 1 aliphatic rings. The van der Waals surface area contributed by atoms with E-state index in [1.807, 2.05) is 43.6 Å². The molecule has 1 aliphatic heterocycles. The van der Waals surface area contributed by atoms with Crippen LogP contribution in [0.5, 0.6) is 0 Å². The average molecular weight is 372 g/mol. The Kier molecular flexibility index (Phi) is 4.21. The summed E-state index contributed by atoms with van der Waals surface area (Å²) < 4.78 is 7.82. The smallest absolute Gasteiger partial charge is 0.165 e. The summed E-state index contributed by atoms with van der Waals surface area (Å²) in [5, 5.41) is 5.35. The van der Waals surface area contributed by atoms with E-state index < -0.39 is 0 Å². The van der Waals surface area contributed by atoms with Crippen LogP contribution in [-0.4, -0.2) is 44.4 Å². The van der Waals surface area contributed by atoms with Gasteiger partial charge in [0.25, 0.3) is 0 Å². The molecule has 0 unspecified atom stereocenters. The van der Waals surface area contributed by atoms with Crippen molar-refractivity contribution in [2.45, 2.75) is 6.10 Å². The standard InChI is InChI=1S/C21H20N6O/c1-26-20-17(13-23-26)21(25-19(24-20)16-8-5-9-22-12-16)27-10-11-28-18(14-27)15-6-3-2-4-7-15/h2-9,12-13,18H,10-11,14H2,1H3/t18-/m0/s1. The number of nitrogens with zero attached hydrogens (tertiary/aromatic N) is 6. The fraction of sp³-hybridized carbons (Fsp3) is 0.238. The number of pyridine rings is 1. The number of ether oxygens (including phenoxy) is 1. The SMILES string of the molecule is Cn1ncc2c(N3CCO[C@H](c4ccccc4)C3)nc(-c3cccnc3)nc21. The second kappa shape index (κ2) is 7.01. The lowest BCUT2D eigenvalue weighted by molar-refractivity contribution is 0.0396. The predicted molar refractivity (Wildman–Crippen MR) is 107 cm³/mol. The van der Waals surface area contributed by atoms with E-state index in [9.17, 15) is 0 Å². The maximum absolute atomic E-state index is 6.03. The number of aromatic nitrogens is 5. The summed E-state index contributed by atoms with van der Waals surface area (Å²) in [7, 11) is 1.90. The predicted octanol–water partition coefficient (Wildman–Crippen LogP) is 3.00. The van der Waals surface area contributed by atoms with Crippen LogP contribution in [0.3, 0.4) is 0 Å². The molecular weight excluding hydrogens is 352 g/mol. The summed E-state index contributed by atoms with van der Waals surface area (Å²) in [4.78, 5) is 16.1. The second-order valence-corrected chi connectivity index (χ2v) is 6.83. The number of morpholine rings is 1. The van der Waals surface area contributed by atoms with Crippen LogP contribution in [0.15, 0.2) is 61.1 Å². The minimum atomic E-state index is 0.0125. The number of rotatable bonds is 3. The number of benzene rings is 1. The van der Waals surface area contributed by atoms with E-state index in [1.54, 1.807) is 17.1 Å². The van der Waals surface area contributed by atoms with E-state index in [0.717, 1.165) is 35.5 Å². The van der Waals surface area contributed by atoms with E-state index >= 15 is 0 Å². The lowest BCUT2D eigenvalue weighted by Gasteiger charge is -2.34. The zero-order valence-corrected chi connectivity index (χ0v) is 15.6. The Morgan fingerprint density at radius 1 is 1.04 bits per heavy atom. The molecule has 140 valence electrons. The summed E-state index contributed by atoms with van der Waals surface area (Å²) in [6.07, 6.45) is 5.39. The van der Waals surface area contributed by atoms with Gasteiger partial charge >= 0.3 is 0 Å². The first-order valence-electron chi connectivity index (χ1n) is 9.31. The summed E-state index contributed by atoms with van der Waals surface area (Å²) >= 11 is 0. The minimum absolute atomic E-state index is 0.0125. The minimum Gasteiger partial charge on any atom is -0.370 e. The first-order valence-corrected chi connectivity index (χ1v) is 9.31. The number of hydrogen-bond acceptors (Lipinski definition) is 6.